The Labute approximate surface area is 144 Å². The van der Waals surface area contributed by atoms with Gasteiger partial charge in [0, 0.05) is 11.5 Å². The molecule has 2 saturated heterocycles. The van der Waals surface area contributed by atoms with Gasteiger partial charge < -0.3 is 19.5 Å². The van der Waals surface area contributed by atoms with Gasteiger partial charge in [0.05, 0.1) is 19.3 Å². The summed E-state index contributed by atoms with van der Waals surface area (Å²) in [6, 6.07) is 6.17. The van der Waals surface area contributed by atoms with Crippen molar-refractivity contribution in [2.75, 3.05) is 20.2 Å². The van der Waals surface area contributed by atoms with Crippen LogP contribution in [0, 0.1) is 11.8 Å². The Morgan fingerprint density at radius 3 is 2.67 bits per heavy atom. The molecule has 132 valence electrons. The molecule has 0 aromatic heterocycles. The van der Waals surface area contributed by atoms with Crippen molar-refractivity contribution in [1.29, 1.82) is 0 Å². The Balaban J connectivity index is 1.65. The summed E-state index contributed by atoms with van der Waals surface area (Å²) in [5.41, 5.74) is 0.933. The third kappa shape index (κ3) is 2.70. The lowest BCUT2D eigenvalue weighted by molar-refractivity contribution is -0.166. The molecular formula is C20H29NO3. The summed E-state index contributed by atoms with van der Waals surface area (Å²) >= 11 is 0. The van der Waals surface area contributed by atoms with E-state index in [9.17, 15) is 0 Å². The van der Waals surface area contributed by atoms with Crippen LogP contribution in [0.4, 0.5) is 0 Å². The van der Waals surface area contributed by atoms with Crippen molar-refractivity contribution in [3.63, 3.8) is 0 Å². The summed E-state index contributed by atoms with van der Waals surface area (Å²) in [4.78, 5) is 0. The van der Waals surface area contributed by atoms with Crippen LogP contribution >= 0.6 is 0 Å². The first-order valence-electron chi connectivity index (χ1n) is 9.32. The Hall–Kier alpha value is -1.26. The van der Waals surface area contributed by atoms with Gasteiger partial charge in [-0.05, 0) is 64.6 Å². The lowest BCUT2D eigenvalue weighted by atomic mass is 9.73. The Morgan fingerprint density at radius 2 is 1.92 bits per heavy atom. The molecule has 4 nitrogen and oxygen atoms in total. The highest BCUT2D eigenvalue weighted by molar-refractivity contribution is 5.50. The van der Waals surface area contributed by atoms with Gasteiger partial charge >= 0.3 is 0 Å². The van der Waals surface area contributed by atoms with Crippen LogP contribution in [0.5, 0.6) is 11.5 Å². The number of nitrogens with one attached hydrogen (secondary N) is 1. The number of fused-ring (bicyclic) bond motifs is 3. The van der Waals surface area contributed by atoms with E-state index in [4.69, 9.17) is 14.2 Å². The molecule has 0 aliphatic carbocycles. The zero-order chi connectivity index (χ0) is 16.7. The van der Waals surface area contributed by atoms with E-state index in [1.165, 1.54) is 19.3 Å². The van der Waals surface area contributed by atoms with Gasteiger partial charge in [0.25, 0.3) is 0 Å². The van der Waals surface area contributed by atoms with Gasteiger partial charge in [0.1, 0.15) is 5.60 Å². The van der Waals surface area contributed by atoms with Crippen LogP contribution in [0.1, 0.15) is 51.2 Å². The average molecular weight is 331 g/mol. The summed E-state index contributed by atoms with van der Waals surface area (Å²) in [5, 5.41) is 3.46. The van der Waals surface area contributed by atoms with E-state index in [0.29, 0.717) is 17.9 Å². The first-order chi connectivity index (χ1) is 11.6. The summed E-state index contributed by atoms with van der Waals surface area (Å²) in [6.45, 7) is 6.62. The molecule has 0 unspecified atom stereocenters. The zero-order valence-corrected chi connectivity index (χ0v) is 15.0. The van der Waals surface area contributed by atoms with Crippen molar-refractivity contribution in [3.8, 4) is 11.5 Å². The van der Waals surface area contributed by atoms with E-state index in [1.54, 1.807) is 7.11 Å². The number of rotatable bonds is 2. The molecule has 2 fully saturated rings. The maximum atomic E-state index is 6.73. The van der Waals surface area contributed by atoms with Crippen molar-refractivity contribution in [3.05, 3.63) is 23.8 Å². The monoisotopic (exact) mass is 331 g/mol. The lowest BCUT2D eigenvalue weighted by Gasteiger charge is -2.50. The van der Waals surface area contributed by atoms with Gasteiger partial charge in [-0.1, -0.05) is 12.1 Å². The molecule has 0 spiro atoms. The van der Waals surface area contributed by atoms with Gasteiger partial charge in [-0.2, -0.15) is 0 Å². The van der Waals surface area contributed by atoms with Crippen LogP contribution in [0.15, 0.2) is 18.2 Å². The second kappa shape index (κ2) is 6.23. The molecule has 3 heterocycles. The Bertz CT molecular complexity index is 595. The summed E-state index contributed by atoms with van der Waals surface area (Å²) < 4.78 is 18.6. The highest BCUT2D eigenvalue weighted by Gasteiger charge is 2.49. The highest BCUT2D eigenvalue weighted by atomic mass is 16.5. The van der Waals surface area contributed by atoms with Crippen LogP contribution in [-0.4, -0.2) is 31.9 Å². The number of methoxy groups -OCH3 is 1. The third-order valence-electron chi connectivity index (χ3n) is 6.15. The quantitative estimate of drug-likeness (QED) is 0.897. The summed E-state index contributed by atoms with van der Waals surface area (Å²) in [6.07, 6.45) is 5.27. The molecule has 1 aromatic rings. The fraction of sp³-hybridized carbons (Fsp3) is 0.700. The normalized spacial score (nSPS) is 32.4. The first-order valence-corrected chi connectivity index (χ1v) is 9.32. The fourth-order valence-electron chi connectivity index (χ4n) is 4.78. The second-order valence-electron chi connectivity index (χ2n) is 7.95. The number of hydrogen-bond acceptors (Lipinski definition) is 4. The first kappa shape index (κ1) is 16.2. The number of piperidine rings is 1. The van der Waals surface area contributed by atoms with Gasteiger partial charge in [-0.15, -0.1) is 0 Å². The van der Waals surface area contributed by atoms with E-state index in [2.05, 4.69) is 25.2 Å². The maximum absolute atomic E-state index is 6.73. The van der Waals surface area contributed by atoms with Crippen LogP contribution in [0.3, 0.4) is 0 Å². The van der Waals surface area contributed by atoms with Crippen LogP contribution < -0.4 is 14.8 Å². The predicted octanol–water partition coefficient (Wildman–Crippen LogP) is 3.70. The average Bonchev–Trinajstić information content (AvgIpc) is 2.61. The van der Waals surface area contributed by atoms with E-state index in [-0.39, 0.29) is 11.7 Å². The largest absolute Gasteiger partial charge is 0.493 e. The molecule has 3 aliphatic rings. The molecule has 0 bridgehead atoms. The molecule has 24 heavy (non-hydrogen) atoms. The second-order valence-corrected chi connectivity index (χ2v) is 7.95. The molecule has 4 rings (SSSR count). The number of ether oxygens (including phenoxy) is 3. The fourth-order valence-corrected chi connectivity index (χ4v) is 4.78. The molecule has 3 atom stereocenters. The Morgan fingerprint density at radius 1 is 1.12 bits per heavy atom. The van der Waals surface area contributed by atoms with E-state index in [0.717, 1.165) is 36.6 Å². The van der Waals surface area contributed by atoms with E-state index in [1.807, 2.05) is 12.1 Å². The third-order valence-corrected chi connectivity index (χ3v) is 6.15. The highest BCUT2D eigenvalue weighted by Crippen LogP contribution is 2.54. The van der Waals surface area contributed by atoms with Gasteiger partial charge in [-0.3, -0.25) is 0 Å². The summed E-state index contributed by atoms with van der Waals surface area (Å²) in [5.74, 6) is 2.77. The van der Waals surface area contributed by atoms with E-state index < -0.39 is 0 Å². The predicted molar refractivity (Wildman–Crippen MR) is 93.6 cm³/mol. The SMILES string of the molecule is COc1cccc2c1OC(C)(C)[C@H]1CC[C@H](C3CCNCC3)O[C@H]21. The maximum Gasteiger partial charge on any atom is 0.167 e. The van der Waals surface area contributed by atoms with Crippen molar-refractivity contribution < 1.29 is 14.2 Å². The minimum absolute atomic E-state index is 0.118. The molecular weight excluding hydrogens is 302 g/mol. The zero-order valence-electron chi connectivity index (χ0n) is 15.0. The topological polar surface area (TPSA) is 39.7 Å². The number of hydrogen-bond donors (Lipinski definition) is 1. The minimum atomic E-state index is -0.231. The van der Waals surface area contributed by atoms with Crippen LogP contribution in [0.25, 0.3) is 0 Å². The molecule has 0 saturated carbocycles. The molecule has 3 aliphatic heterocycles. The smallest absolute Gasteiger partial charge is 0.167 e. The van der Waals surface area contributed by atoms with Crippen molar-refractivity contribution >= 4 is 0 Å². The van der Waals surface area contributed by atoms with Gasteiger partial charge in [0.2, 0.25) is 0 Å². The van der Waals surface area contributed by atoms with Crippen molar-refractivity contribution in [2.24, 2.45) is 11.8 Å². The lowest BCUT2D eigenvalue weighted by Crippen LogP contribution is -2.50. The standard InChI is InChI=1S/C20H29NO3/c1-20(2)15-7-8-16(13-9-11-21-12-10-13)23-18(15)14-5-4-6-17(22-3)19(14)24-20/h4-6,13,15-16,18,21H,7-12H2,1-3H3/t15-,16+,18+/m0/s1. The minimum Gasteiger partial charge on any atom is -0.493 e. The number of para-hydroxylation sites is 1. The molecule has 0 radical (unpaired) electrons. The van der Waals surface area contributed by atoms with E-state index >= 15 is 0 Å². The van der Waals surface area contributed by atoms with Crippen molar-refractivity contribution in [2.45, 2.75) is 57.3 Å². The molecule has 4 heteroatoms. The van der Waals surface area contributed by atoms with Gasteiger partial charge in [0.15, 0.2) is 11.5 Å². The van der Waals surface area contributed by atoms with Crippen LogP contribution in [-0.2, 0) is 4.74 Å². The Kier molecular flexibility index (Phi) is 4.21. The molecule has 1 N–H and O–H groups in total. The summed E-state index contributed by atoms with van der Waals surface area (Å²) in [7, 11) is 1.71. The molecule has 0 amide bonds. The molecule has 1 aromatic carbocycles. The van der Waals surface area contributed by atoms with Crippen molar-refractivity contribution in [1.82, 2.24) is 5.32 Å². The van der Waals surface area contributed by atoms with Gasteiger partial charge in [-0.25, -0.2) is 0 Å². The van der Waals surface area contributed by atoms with Crippen LogP contribution in [0.2, 0.25) is 0 Å². The number of benzene rings is 1.